The van der Waals surface area contributed by atoms with Gasteiger partial charge in [0.1, 0.15) is 0 Å². The van der Waals surface area contributed by atoms with Crippen molar-refractivity contribution in [2.75, 3.05) is 0 Å². The second kappa shape index (κ2) is 11.9. The van der Waals surface area contributed by atoms with E-state index in [1.807, 2.05) is 0 Å². The molecule has 5 nitrogen and oxygen atoms in total. The normalized spacial score (nSPS) is 17.4. The number of hydrogen-bond donors (Lipinski definition) is 0. The first-order valence-electron chi connectivity index (χ1n) is 9.80. The molecule has 0 amide bonds. The van der Waals surface area contributed by atoms with E-state index in [2.05, 4.69) is 0 Å². The molecule has 0 rings (SSSR count). The van der Waals surface area contributed by atoms with Crippen molar-refractivity contribution in [3.8, 4) is 0 Å². The Bertz CT molecular complexity index is 1290. The van der Waals surface area contributed by atoms with Gasteiger partial charge in [0.05, 0.1) is 0 Å². The average molecular weight is 832 g/mol. The van der Waals surface area contributed by atoms with E-state index in [0.29, 0.717) is 0 Å². The fourth-order valence-electron chi connectivity index (χ4n) is 2.04. The molecule has 0 saturated heterocycles. The Hall–Kier alpha value is -2.20. The lowest BCUT2D eigenvalue weighted by atomic mass is 9.97. The zero-order valence-corrected chi connectivity index (χ0v) is 21.3. The predicted octanol–water partition coefficient (Wildman–Crippen LogP) is 8.56. The molecule has 1 unspecified atom stereocenters. The van der Waals surface area contributed by atoms with Crippen molar-refractivity contribution in [1.29, 1.82) is 0 Å². The Morgan fingerprint density at radius 2 is 0.694 bits per heavy atom. The first-order chi connectivity index (χ1) is 20.5. The van der Waals surface area contributed by atoms with Crippen LogP contribution in [0, 0.1) is 0 Å². The molecule has 0 saturated carbocycles. The summed E-state index contributed by atoms with van der Waals surface area (Å²) in [5, 5.41) is -8.51. The third-order valence-corrected chi connectivity index (χ3v) is 5.99. The van der Waals surface area contributed by atoms with Gasteiger partial charge in [-0.25, -0.2) is 18.0 Å². The Morgan fingerprint density at radius 1 is 0.367 bits per heavy atom. The lowest BCUT2D eigenvalue weighted by Gasteiger charge is -2.40. The van der Waals surface area contributed by atoms with Crippen LogP contribution in [0.2, 0.25) is 0 Å². The van der Waals surface area contributed by atoms with E-state index >= 15 is 0 Å². The molecule has 0 aromatic carbocycles. The lowest BCUT2D eigenvalue weighted by Crippen LogP contribution is -2.71. The van der Waals surface area contributed by atoms with E-state index in [1.54, 1.807) is 0 Å². The zero-order valence-electron chi connectivity index (χ0n) is 20.5. The number of ether oxygens (including phenoxy) is 2. The van der Waals surface area contributed by atoms with Gasteiger partial charge in [-0.2, -0.15) is 131 Å². The molecule has 0 aromatic rings. The van der Waals surface area contributed by atoms with Crippen LogP contribution in [0.3, 0.4) is 0 Å². The van der Waals surface area contributed by atoms with Gasteiger partial charge in [0.15, 0.2) is 0 Å². The SMILES string of the molecule is O=S(=O)(OC(F)C(F)(F)C(F)(F)C(F)(F)C(F)(F)C(F)(F)OC(F)(F)C(F)(F)OC(F)(F)C(F)(F)F)C(F)(F)C(F)(F)C(F)(F)C(F)(F)F. The van der Waals surface area contributed by atoms with Gasteiger partial charge < -0.3 is 0 Å². The smallest absolute Gasteiger partial charge is 0.243 e. The largest absolute Gasteiger partial charge is 0.483 e. The van der Waals surface area contributed by atoms with Crippen molar-refractivity contribution in [2.24, 2.45) is 0 Å². The van der Waals surface area contributed by atoms with E-state index in [-0.39, 0.29) is 0 Å². The summed E-state index contributed by atoms with van der Waals surface area (Å²) in [5.74, 6) is -53.3. The van der Waals surface area contributed by atoms with Crippen LogP contribution in [0.25, 0.3) is 0 Å². The number of halogens is 29. The van der Waals surface area contributed by atoms with Crippen molar-refractivity contribution in [2.45, 2.75) is 83.9 Å². The first kappa shape index (κ1) is 46.8. The quantitative estimate of drug-likeness (QED) is 0.122. The van der Waals surface area contributed by atoms with Crippen molar-refractivity contribution in [1.82, 2.24) is 0 Å². The number of rotatable bonds is 15. The van der Waals surface area contributed by atoms with Crippen molar-refractivity contribution < 1.29 is 149 Å². The second-order valence-corrected chi connectivity index (χ2v) is 9.76. The maximum absolute atomic E-state index is 13.7. The molecule has 0 aliphatic rings. The molecule has 35 heteroatoms. The van der Waals surface area contributed by atoms with E-state index < -0.39 is 94.1 Å². The molecule has 0 N–H and O–H groups in total. The molecule has 0 radical (unpaired) electrons. The summed E-state index contributed by atoms with van der Waals surface area (Å²) in [6.45, 7) is 0. The van der Waals surface area contributed by atoms with Gasteiger partial charge in [-0.15, -0.1) is 0 Å². The molecule has 0 aromatic heterocycles. The topological polar surface area (TPSA) is 61.8 Å². The van der Waals surface area contributed by atoms with Gasteiger partial charge in [0, 0.05) is 0 Å². The zero-order chi connectivity index (χ0) is 40.7. The molecule has 296 valence electrons. The third-order valence-electron chi connectivity index (χ3n) is 4.68. The molecule has 0 spiro atoms. The molecule has 1 atom stereocenters. The van der Waals surface area contributed by atoms with Gasteiger partial charge >= 0.3 is 87.7 Å². The summed E-state index contributed by atoms with van der Waals surface area (Å²) >= 11 is 0. The number of alkyl halides is 29. The van der Waals surface area contributed by atoms with E-state index in [1.165, 1.54) is 4.18 Å². The van der Waals surface area contributed by atoms with Crippen molar-refractivity contribution in [3.63, 3.8) is 0 Å². The molecule has 0 fully saturated rings. The average Bonchev–Trinajstić information content (AvgIpc) is 2.79. The predicted molar refractivity (Wildman–Crippen MR) is 83.6 cm³/mol. The Balaban J connectivity index is 6.83. The lowest BCUT2D eigenvalue weighted by molar-refractivity contribution is -0.556. The molecule has 0 bridgehead atoms. The highest BCUT2D eigenvalue weighted by atomic mass is 32.2. The van der Waals surface area contributed by atoms with Crippen LogP contribution in [-0.4, -0.2) is 92.4 Å². The molecule has 49 heavy (non-hydrogen) atoms. The summed E-state index contributed by atoms with van der Waals surface area (Å²) in [6.07, 6.45) is -55.5. The molecular weight excluding hydrogens is 831 g/mol. The van der Waals surface area contributed by atoms with Gasteiger partial charge in [0.2, 0.25) is 0 Å². The molecule has 0 heterocycles. The summed E-state index contributed by atoms with van der Waals surface area (Å²) < 4.78 is 401. The summed E-state index contributed by atoms with van der Waals surface area (Å²) in [4.78, 5) is 0. The monoisotopic (exact) mass is 832 g/mol. The van der Waals surface area contributed by atoms with E-state index in [0.717, 1.165) is 9.47 Å². The van der Waals surface area contributed by atoms with Crippen LogP contribution in [0.5, 0.6) is 0 Å². The van der Waals surface area contributed by atoms with Gasteiger partial charge in [-0.3, -0.25) is 0 Å². The second-order valence-electron chi connectivity index (χ2n) is 8.14. The molecule has 0 aliphatic carbocycles. The van der Waals surface area contributed by atoms with Crippen molar-refractivity contribution >= 4 is 10.1 Å². The van der Waals surface area contributed by atoms with Crippen LogP contribution in [0.4, 0.5) is 127 Å². The Kier molecular flexibility index (Phi) is 11.4. The standard InChI is InChI=1S/C14HF29O5S/c15-1(46-49(44,45)14(42,43)7(26,27)5(22,23)8(28,29)30)2(16,17)3(18,19)4(20,21)6(24,25)10(34,35)47-12(38,39)13(40,41)48-11(36,37)9(31,32)33/h1H. The van der Waals surface area contributed by atoms with E-state index in [4.69, 9.17) is 0 Å². The van der Waals surface area contributed by atoms with Gasteiger partial charge in [-0.1, -0.05) is 0 Å². The summed E-state index contributed by atoms with van der Waals surface area (Å²) in [7, 11) is -9.17. The fraction of sp³-hybridized carbons (Fsp3) is 1.00. The number of hydrogen-bond acceptors (Lipinski definition) is 5. The third kappa shape index (κ3) is 7.16. The van der Waals surface area contributed by atoms with Crippen LogP contribution in [-0.2, 0) is 23.8 Å². The summed E-state index contributed by atoms with van der Waals surface area (Å²) in [6, 6.07) is 0. The minimum absolute atomic E-state index is 0.873. The Morgan fingerprint density at radius 3 is 1.00 bits per heavy atom. The summed E-state index contributed by atoms with van der Waals surface area (Å²) in [5.41, 5.74) is 0. The highest BCUT2D eigenvalue weighted by Gasteiger charge is 2.91. The van der Waals surface area contributed by atoms with Crippen molar-refractivity contribution in [3.05, 3.63) is 0 Å². The minimum Gasteiger partial charge on any atom is -0.243 e. The van der Waals surface area contributed by atoms with Crippen LogP contribution < -0.4 is 0 Å². The van der Waals surface area contributed by atoms with E-state index in [9.17, 15) is 136 Å². The Labute approximate surface area is 244 Å². The fourth-order valence-corrected chi connectivity index (χ4v) is 2.95. The highest BCUT2D eigenvalue weighted by molar-refractivity contribution is 7.87. The maximum atomic E-state index is 13.7. The maximum Gasteiger partial charge on any atom is 0.483 e. The van der Waals surface area contributed by atoms with Gasteiger partial charge in [-0.05, 0) is 0 Å². The van der Waals surface area contributed by atoms with Crippen LogP contribution in [0.15, 0.2) is 0 Å². The molecular formula is C14HF29O5S. The van der Waals surface area contributed by atoms with Gasteiger partial charge in [0.25, 0.3) is 6.36 Å². The van der Waals surface area contributed by atoms with Crippen LogP contribution >= 0.6 is 0 Å². The first-order valence-corrected chi connectivity index (χ1v) is 11.2. The molecule has 0 aliphatic heterocycles. The van der Waals surface area contributed by atoms with Crippen LogP contribution in [0.1, 0.15) is 0 Å². The minimum atomic E-state index is -9.29. The highest BCUT2D eigenvalue weighted by Crippen LogP contribution is 2.61.